The van der Waals surface area contributed by atoms with E-state index in [1.165, 1.54) is 16.7 Å². The van der Waals surface area contributed by atoms with Crippen LogP contribution in [0.2, 0.25) is 0 Å². The van der Waals surface area contributed by atoms with Crippen LogP contribution in [-0.4, -0.2) is 53.6 Å². The summed E-state index contributed by atoms with van der Waals surface area (Å²) < 4.78 is 0. The lowest BCUT2D eigenvalue weighted by Gasteiger charge is -2.52. The molecule has 2 aliphatic rings. The molecule has 4 nitrogen and oxygen atoms in total. The number of likely N-dealkylation sites (N-methyl/N-ethyl adjacent to an activating group) is 1. The van der Waals surface area contributed by atoms with E-state index in [-0.39, 0.29) is 6.04 Å². The number of nitrogens with zero attached hydrogens (tertiary/aromatic N) is 2. The highest BCUT2D eigenvalue weighted by atomic mass is 16.4. The summed E-state index contributed by atoms with van der Waals surface area (Å²) in [6, 6.07) is 19.2. The van der Waals surface area contributed by atoms with Crippen LogP contribution in [-0.2, 0) is 11.3 Å². The molecule has 27 heavy (non-hydrogen) atoms. The van der Waals surface area contributed by atoms with Crippen molar-refractivity contribution in [1.29, 1.82) is 0 Å². The van der Waals surface area contributed by atoms with Crippen molar-refractivity contribution in [3.8, 4) is 11.1 Å². The molecule has 0 aliphatic carbocycles. The average Bonchev–Trinajstić information content (AvgIpc) is 2.70. The van der Waals surface area contributed by atoms with E-state index in [1.807, 2.05) is 6.07 Å². The van der Waals surface area contributed by atoms with Gasteiger partial charge in [-0.2, -0.15) is 0 Å². The first kappa shape index (κ1) is 18.2. The number of rotatable bonds is 4. The molecule has 2 aromatic carbocycles. The molecule has 4 rings (SSSR count). The monoisotopic (exact) mass is 364 g/mol. The Balaban J connectivity index is 1.56. The zero-order chi connectivity index (χ0) is 18.9. The Morgan fingerprint density at radius 3 is 2.59 bits per heavy atom. The molecule has 0 amide bonds. The van der Waals surface area contributed by atoms with Crippen LogP contribution in [0.15, 0.2) is 54.6 Å². The minimum atomic E-state index is -0.608. The second kappa shape index (κ2) is 7.45. The highest BCUT2D eigenvalue weighted by Crippen LogP contribution is 2.42. The summed E-state index contributed by atoms with van der Waals surface area (Å²) in [4.78, 5) is 16.8. The van der Waals surface area contributed by atoms with Crippen LogP contribution >= 0.6 is 0 Å². The topological polar surface area (TPSA) is 43.8 Å². The first-order chi connectivity index (χ1) is 13.1. The largest absolute Gasteiger partial charge is 0.481 e. The summed E-state index contributed by atoms with van der Waals surface area (Å²) in [5, 5.41) is 9.97. The van der Waals surface area contributed by atoms with Gasteiger partial charge in [0.2, 0.25) is 0 Å². The predicted octanol–water partition coefficient (Wildman–Crippen LogP) is 3.72. The Labute approximate surface area is 161 Å². The molecule has 0 spiro atoms. The van der Waals surface area contributed by atoms with E-state index in [0.717, 1.165) is 45.4 Å². The molecule has 2 fully saturated rings. The summed E-state index contributed by atoms with van der Waals surface area (Å²) in [6.45, 7) is 3.53. The van der Waals surface area contributed by atoms with Crippen LogP contribution in [0.3, 0.4) is 0 Å². The van der Waals surface area contributed by atoms with Crippen molar-refractivity contribution in [2.75, 3.05) is 26.7 Å². The molecule has 0 aromatic heterocycles. The van der Waals surface area contributed by atoms with Crippen LogP contribution in [0.1, 0.15) is 24.8 Å². The van der Waals surface area contributed by atoms with E-state index < -0.39 is 11.4 Å². The van der Waals surface area contributed by atoms with E-state index >= 15 is 0 Å². The molecular formula is C23H28N2O2. The minimum absolute atomic E-state index is 0.0985. The quantitative estimate of drug-likeness (QED) is 0.898. The number of likely N-dealkylation sites (tertiary alicyclic amines) is 2. The van der Waals surface area contributed by atoms with E-state index in [1.54, 1.807) is 0 Å². The Morgan fingerprint density at radius 1 is 1.07 bits per heavy atom. The van der Waals surface area contributed by atoms with Gasteiger partial charge in [0, 0.05) is 19.1 Å². The smallest absolute Gasteiger partial charge is 0.311 e. The number of fused-ring (bicyclic) bond motifs is 1. The second-order valence-electron chi connectivity index (χ2n) is 8.07. The molecule has 142 valence electrons. The van der Waals surface area contributed by atoms with Gasteiger partial charge >= 0.3 is 5.97 Å². The second-order valence-corrected chi connectivity index (χ2v) is 8.07. The predicted molar refractivity (Wildman–Crippen MR) is 107 cm³/mol. The van der Waals surface area contributed by atoms with E-state index in [9.17, 15) is 9.90 Å². The molecule has 2 aliphatic heterocycles. The first-order valence-corrected chi connectivity index (χ1v) is 9.89. The molecule has 4 heteroatoms. The van der Waals surface area contributed by atoms with Crippen LogP contribution in [0.5, 0.6) is 0 Å². The van der Waals surface area contributed by atoms with Gasteiger partial charge in [0.05, 0.1) is 5.41 Å². The fraction of sp³-hybridized carbons (Fsp3) is 0.435. The molecule has 1 N–H and O–H groups in total. The summed E-state index contributed by atoms with van der Waals surface area (Å²) in [6.07, 6.45) is 2.53. The lowest BCUT2D eigenvalue weighted by Crippen LogP contribution is -2.62. The summed E-state index contributed by atoms with van der Waals surface area (Å²) in [7, 11) is 2.09. The zero-order valence-electron chi connectivity index (χ0n) is 16.0. The third-order valence-corrected chi connectivity index (χ3v) is 6.53. The highest BCUT2D eigenvalue weighted by Gasteiger charge is 2.52. The summed E-state index contributed by atoms with van der Waals surface area (Å²) >= 11 is 0. The number of hydrogen-bond donors (Lipinski definition) is 1. The molecule has 2 saturated heterocycles. The van der Waals surface area contributed by atoms with Crippen molar-refractivity contribution in [3.05, 3.63) is 60.2 Å². The van der Waals surface area contributed by atoms with Crippen LogP contribution < -0.4 is 0 Å². The average molecular weight is 364 g/mol. The van der Waals surface area contributed by atoms with Gasteiger partial charge in [-0.3, -0.25) is 9.69 Å². The van der Waals surface area contributed by atoms with Crippen molar-refractivity contribution < 1.29 is 9.90 Å². The number of carbonyl (C=O) groups is 1. The van der Waals surface area contributed by atoms with Crippen molar-refractivity contribution in [2.24, 2.45) is 5.41 Å². The van der Waals surface area contributed by atoms with Gasteiger partial charge in [0.15, 0.2) is 0 Å². The Morgan fingerprint density at radius 2 is 1.81 bits per heavy atom. The van der Waals surface area contributed by atoms with Crippen LogP contribution in [0.4, 0.5) is 0 Å². The standard InChI is InChI=1S/C23H28N2O2/c1-24-14-7-12-23(22(26)27)13-15-25(17-21(23)24)16-19-10-5-6-11-20(19)18-8-3-2-4-9-18/h2-6,8-11,21H,7,12-17H2,1H3,(H,26,27)/t21-,23+/m1/s1. The fourth-order valence-electron chi connectivity index (χ4n) is 4.99. The maximum Gasteiger partial charge on any atom is 0.311 e. The first-order valence-electron chi connectivity index (χ1n) is 9.89. The number of carboxylic acids is 1. The van der Waals surface area contributed by atoms with Crippen molar-refractivity contribution >= 4 is 5.97 Å². The van der Waals surface area contributed by atoms with Crippen molar-refractivity contribution in [3.63, 3.8) is 0 Å². The van der Waals surface area contributed by atoms with E-state index in [2.05, 4.69) is 65.4 Å². The van der Waals surface area contributed by atoms with Crippen LogP contribution in [0, 0.1) is 5.41 Å². The summed E-state index contributed by atoms with van der Waals surface area (Å²) in [5.41, 5.74) is 3.25. The van der Waals surface area contributed by atoms with Gasteiger partial charge in [0.25, 0.3) is 0 Å². The maximum atomic E-state index is 12.1. The Bertz CT molecular complexity index is 807. The molecule has 2 aromatic rings. The highest BCUT2D eigenvalue weighted by molar-refractivity contribution is 5.76. The van der Waals surface area contributed by atoms with Crippen molar-refractivity contribution in [1.82, 2.24) is 9.80 Å². The normalized spacial score (nSPS) is 26.5. The Hall–Kier alpha value is -2.17. The molecule has 0 radical (unpaired) electrons. The van der Waals surface area contributed by atoms with Gasteiger partial charge in [-0.15, -0.1) is 0 Å². The lowest BCUT2D eigenvalue weighted by atomic mass is 9.68. The number of carboxylic acid groups (broad SMARTS) is 1. The maximum absolute atomic E-state index is 12.1. The number of hydrogen-bond acceptors (Lipinski definition) is 3. The molecule has 0 bridgehead atoms. The van der Waals surface area contributed by atoms with Gasteiger partial charge in [-0.1, -0.05) is 54.6 Å². The molecule has 2 heterocycles. The fourth-order valence-corrected chi connectivity index (χ4v) is 4.99. The van der Waals surface area contributed by atoms with Gasteiger partial charge in [-0.05, 0) is 56.1 Å². The minimum Gasteiger partial charge on any atom is -0.481 e. The molecule has 0 unspecified atom stereocenters. The van der Waals surface area contributed by atoms with Crippen LogP contribution in [0.25, 0.3) is 11.1 Å². The zero-order valence-corrected chi connectivity index (χ0v) is 16.0. The molecule has 2 atom stereocenters. The molecule has 0 saturated carbocycles. The third-order valence-electron chi connectivity index (χ3n) is 6.53. The SMILES string of the molecule is CN1CCC[C@]2(C(=O)O)CCN(Cc3ccccc3-c3ccccc3)C[C@@H]12. The molecular weight excluding hydrogens is 336 g/mol. The third kappa shape index (κ3) is 3.40. The van der Waals surface area contributed by atoms with E-state index in [4.69, 9.17) is 0 Å². The van der Waals surface area contributed by atoms with E-state index in [0.29, 0.717) is 0 Å². The van der Waals surface area contributed by atoms with Gasteiger partial charge in [0.1, 0.15) is 0 Å². The Kier molecular flexibility index (Phi) is 5.02. The number of piperidine rings is 2. The lowest BCUT2D eigenvalue weighted by molar-refractivity contribution is -0.162. The van der Waals surface area contributed by atoms with Crippen molar-refractivity contribution in [2.45, 2.75) is 31.8 Å². The number of benzene rings is 2. The van der Waals surface area contributed by atoms with Gasteiger partial charge < -0.3 is 10.0 Å². The number of aliphatic carboxylic acids is 1. The van der Waals surface area contributed by atoms with Gasteiger partial charge in [-0.25, -0.2) is 0 Å². The summed E-state index contributed by atoms with van der Waals surface area (Å²) in [5.74, 6) is -0.608.